The predicted molar refractivity (Wildman–Crippen MR) is 137 cm³/mol. The fraction of sp³-hybridized carbons (Fsp3) is 0.379. The molecule has 0 saturated carbocycles. The highest BCUT2D eigenvalue weighted by Gasteiger charge is 2.42. The molecule has 6 nitrogen and oxygen atoms in total. The van der Waals surface area contributed by atoms with Crippen LogP contribution in [0, 0.1) is 0 Å². The average Bonchev–Trinajstić information content (AvgIpc) is 2.83. The molecule has 0 bridgehead atoms. The summed E-state index contributed by atoms with van der Waals surface area (Å²) < 4.78 is 7.50. The van der Waals surface area contributed by atoms with Crippen molar-refractivity contribution in [2.45, 2.75) is 57.3 Å². The van der Waals surface area contributed by atoms with Crippen LogP contribution in [0.15, 0.2) is 77.7 Å². The Morgan fingerprint density at radius 2 is 1.69 bits per heavy atom. The van der Waals surface area contributed by atoms with E-state index >= 15 is 0 Å². The van der Waals surface area contributed by atoms with Gasteiger partial charge in [0.25, 0.3) is 5.56 Å². The zero-order chi connectivity index (χ0) is 25.2. The van der Waals surface area contributed by atoms with Crippen LogP contribution in [0.5, 0.6) is 0 Å². The van der Waals surface area contributed by atoms with Crippen molar-refractivity contribution < 1.29 is 14.6 Å². The van der Waals surface area contributed by atoms with Gasteiger partial charge in [0.05, 0.1) is 11.6 Å². The second-order valence-electron chi connectivity index (χ2n) is 9.86. The summed E-state index contributed by atoms with van der Waals surface area (Å²) in [5, 5.41) is 10.9. The molecule has 1 saturated heterocycles. The van der Waals surface area contributed by atoms with Crippen molar-refractivity contribution in [1.82, 2.24) is 9.47 Å². The van der Waals surface area contributed by atoms with Crippen LogP contribution < -0.4 is 5.56 Å². The number of hydrogen-bond acceptors (Lipinski definition) is 4. The zero-order valence-corrected chi connectivity index (χ0v) is 20.8. The first-order chi connectivity index (χ1) is 16.7. The molecule has 2 aromatic carbocycles. The number of carbonyl (C=O) groups excluding carboxylic acids is 1. The zero-order valence-electron chi connectivity index (χ0n) is 20.8. The van der Waals surface area contributed by atoms with Crippen molar-refractivity contribution in [2.24, 2.45) is 7.05 Å². The number of carbonyl (C=O) groups is 1. The molecule has 1 fully saturated rings. The van der Waals surface area contributed by atoms with Crippen molar-refractivity contribution in [2.75, 3.05) is 6.54 Å². The van der Waals surface area contributed by atoms with Crippen LogP contribution in [0.25, 0.3) is 11.1 Å². The van der Waals surface area contributed by atoms with Gasteiger partial charge in [-0.3, -0.25) is 4.79 Å². The van der Waals surface area contributed by atoms with E-state index in [1.807, 2.05) is 60.7 Å². The number of aliphatic hydroxyl groups is 1. The summed E-state index contributed by atoms with van der Waals surface area (Å²) in [6, 6.07) is 21.2. The van der Waals surface area contributed by atoms with Gasteiger partial charge < -0.3 is 19.3 Å². The Hall–Kier alpha value is -3.38. The third-order valence-corrected chi connectivity index (χ3v) is 6.93. The third-order valence-electron chi connectivity index (χ3n) is 6.93. The highest BCUT2D eigenvalue weighted by Crippen LogP contribution is 2.38. The molecule has 3 unspecified atom stereocenters. The van der Waals surface area contributed by atoms with Gasteiger partial charge in [-0.15, -0.1) is 0 Å². The first-order valence-corrected chi connectivity index (χ1v) is 12.2. The van der Waals surface area contributed by atoms with E-state index in [4.69, 9.17) is 4.74 Å². The van der Waals surface area contributed by atoms with E-state index in [0.717, 1.165) is 28.7 Å². The van der Waals surface area contributed by atoms with Crippen LogP contribution in [-0.2, 0) is 11.8 Å². The van der Waals surface area contributed by atoms with E-state index < -0.39 is 11.7 Å². The van der Waals surface area contributed by atoms with Gasteiger partial charge in [-0.1, -0.05) is 61.5 Å². The van der Waals surface area contributed by atoms with Gasteiger partial charge >= 0.3 is 6.09 Å². The SMILES string of the molecule is CCC(c1ccc(-c2ccn(C)c(=O)c2)cc1)N1CCC(C(c2ccccc2)C(C)(C)O)OC1=O. The standard InChI is InChI=1S/C29H34N2O4/c1-5-24(21-13-11-20(12-14-21)23-15-17-30(4)26(32)19-23)31-18-16-25(35-28(31)33)27(29(2,3)34)22-9-7-6-8-10-22/h6-15,17,19,24-25,27,34H,5,16,18H2,1-4H3. The lowest BCUT2D eigenvalue weighted by atomic mass is 9.79. The highest BCUT2D eigenvalue weighted by atomic mass is 16.6. The van der Waals surface area contributed by atoms with Gasteiger partial charge in [0.2, 0.25) is 0 Å². The molecule has 6 heteroatoms. The van der Waals surface area contributed by atoms with Crippen molar-refractivity contribution in [3.8, 4) is 11.1 Å². The molecule has 1 aliphatic heterocycles. The summed E-state index contributed by atoms with van der Waals surface area (Å²) in [6.45, 7) is 6.15. The quantitative estimate of drug-likeness (QED) is 0.506. The topological polar surface area (TPSA) is 71.8 Å². The Balaban J connectivity index is 1.52. The molecule has 1 amide bonds. The Morgan fingerprint density at radius 1 is 1.00 bits per heavy atom. The van der Waals surface area contributed by atoms with Gasteiger partial charge in [0.1, 0.15) is 6.10 Å². The van der Waals surface area contributed by atoms with Crippen molar-refractivity contribution >= 4 is 6.09 Å². The van der Waals surface area contributed by atoms with Crippen molar-refractivity contribution in [3.63, 3.8) is 0 Å². The van der Waals surface area contributed by atoms with E-state index in [0.29, 0.717) is 13.0 Å². The number of cyclic esters (lactones) is 1. The van der Waals surface area contributed by atoms with E-state index in [-0.39, 0.29) is 23.6 Å². The maximum absolute atomic E-state index is 13.2. The first kappa shape index (κ1) is 24.7. The summed E-state index contributed by atoms with van der Waals surface area (Å²) in [4.78, 5) is 27.0. The monoisotopic (exact) mass is 474 g/mol. The third kappa shape index (κ3) is 5.33. The molecular formula is C29H34N2O4. The Kier molecular flexibility index (Phi) is 7.13. The molecule has 3 aromatic rings. The molecular weight excluding hydrogens is 440 g/mol. The van der Waals surface area contributed by atoms with Gasteiger partial charge in [0.15, 0.2) is 0 Å². The van der Waals surface area contributed by atoms with Gasteiger partial charge in [-0.2, -0.15) is 0 Å². The molecule has 0 aliphatic carbocycles. The smallest absolute Gasteiger partial charge is 0.410 e. The number of rotatable bonds is 7. The molecule has 4 rings (SSSR count). The molecule has 0 spiro atoms. The lowest BCUT2D eigenvalue weighted by molar-refractivity contribution is -0.0510. The number of amides is 1. The molecule has 2 heterocycles. The number of aromatic nitrogens is 1. The van der Waals surface area contributed by atoms with Crippen molar-refractivity contribution in [1.29, 1.82) is 0 Å². The van der Waals surface area contributed by atoms with Crippen LogP contribution >= 0.6 is 0 Å². The fourth-order valence-corrected chi connectivity index (χ4v) is 5.13. The van der Waals surface area contributed by atoms with E-state index in [2.05, 4.69) is 6.92 Å². The van der Waals surface area contributed by atoms with Gasteiger partial charge in [-0.05, 0) is 48.6 Å². The Morgan fingerprint density at radius 3 is 2.26 bits per heavy atom. The number of nitrogens with zero attached hydrogens (tertiary/aromatic N) is 2. The lowest BCUT2D eigenvalue weighted by Gasteiger charge is -2.42. The number of benzene rings is 2. The largest absolute Gasteiger partial charge is 0.445 e. The minimum atomic E-state index is -1.03. The van der Waals surface area contributed by atoms with Crippen LogP contribution in [0.3, 0.4) is 0 Å². The van der Waals surface area contributed by atoms with Gasteiger partial charge in [-0.25, -0.2) is 4.79 Å². The molecule has 1 N–H and O–H groups in total. The van der Waals surface area contributed by atoms with Crippen LogP contribution in [0.1, 0.15) is 56.7 Å². The summed E-state index contributed by atoms with van der Waals surface area (Å²) in [5.74, 6) is -0.312. The van der Waals surface area contributed by atoms with Crippen molar-refractivity contribution in [3.05, 3.63) is 94.4 Å². The predicted octanol–water partition coefficient (Wildman–Crippen LogP) is 5.27. The second-order valence-corrected chi connectivity index (χ2v) is 9.86. The first-order valence-electron chi connectivity index (χ1n) is 12.2. The summed E-state index contributed by atoms with van der Waals surface area (Å²) in [7, 11) is 1.73. The molecule has 1 aromatic heterocycles. The number of ether oxygens (including phenoxy) is 1. The van der Waals surface area contributed by atoms with E-state index in [9.17, 15) is 14.7 Å². The van der Waals surface area contributed by atoms with Crippen LogP contribution in [0.4, 0.5) is 4.79 Å². The molecule has 3 atom stereocenters. The van der Waals surface area contributed by atoms with Crippen LogP contribution in [0.2, 0.25) is 0 Å². The molecule has 35 heavy (non-hydrogen) atoms. The Bertz CT molecular complexity index is 1210. The second kappa shape index (κ2) is 10.1. The van der Waals surface area contributed by atoms with Crippen LogP contribution in [-0.4, -0.2) is 38.9 Å². The average molecular weight is 475 g/mol. The maximum atomic E-state index is 13.2. The minimum Gasteiger partial charge on any atom is -0.445 e. The highest BCUT2D eigenvalue weighted by molar-refractivity contribution is 5.70. The Labute approximate surface area is 206 Å². The molecule has 0 radical (unpaired) electrons. The normalized spacial score (nSPS) is 18.1. The number of pyridine rings is 1. The molecule has 184 valence electrons. The van der Waals surface area contributed by atoms with Gasteiger partial charge in [0, 0.05) is 38.2 Å². The fourth-order valence-electron chi connectivity index (χ4n) is 5.13. The summed E-state index contributed by atoms with van der Waals surface area (Å²) in [5.41, 5.74) is 2.73. The van der Waals surface area contributed by atoms with E-state index in [1.54, 1.807) is 42.6 Å². The lowest BCUT2D eigenvalue weighted by Crippen LogP contribution is -2.49. The molecule has 1 aliphatic rings. The summed E-state index contributed by atoms with van der Waals surface area (Å²) in [6.07, 6.45) is 2.39. The number of aryl methyl sites for hydroxylation is 1. The minimum absolute atomic E-state index is 0.0523. The summed E-state index contributed by atoms with van der Waals surface area (Å²) >= 11 is 0. The van der Waals surface area contributed by atoms with E-state index in [1.165, 1.54) is 0 Å². The number of hydrogen-bond donors (Lipinski definition) is 1. The maximum Gasteiger partial charge on any atom is 0.410 e.